The highest BCUT2D eigenvalue weighted by molar-refractivity contribution is 6.31. The predicted molar refractivity (Wildman–Crippen MR) is 152 cm³/mol. The molecule has 0 spiro atoms. The van der Waals surface area contributed by atoms with E-state index >= 15 is 0 Å². The number of hydrogen-bond acceptors (Lipinski definition) is 5. The van der Waals surface area contributed by atoms with Crippen molar-refractivity contribution in [2.75, 3.05) is 13.7 Å². The van der Waals surface area contributed by atoms with E-state index in [-0.39, 0.29) is 11.7 Å². The number of amides is 1. The summed E-state index contributed by atoms with van der Waals surface area (Å²) in [6.07, 6.45) is 0.928. The van der Waals surface area contributed by atoms with Crippen molar-refractivity contribution >= 4 is 17.5 Å². The third kappa shape index (κ3) is 5.32. The Morgan fingerprint density at radius 1 is 1.08 bits per heavy atom. The van der Waals surface area contributed by atoms with Gasteiger partial charge in [-0.2, -0.15) is 5.10 Å². The third-order valence-electron chi connectivity index (χ3n) is 7.01. The molecule has 5 rings (SSSR count). The summed E-state index contributed by atoms with van der Waals surface area (Å²) in [5.41, 5.74) is 4.99. The lowest BCUT2D eigenvalue weighted by molar-refractivity contribution is 0.0730. The van der Waals surface area contributed by atoms with E-state index in [4.69, 9.17) is 21.1 Å². The van der Waals surface area contributed by atoms with Gasteiger partial charge in [0.1, 0.15) is 17.1 Å². The lowest BCUT2D eigenvalue weighted by atomic mass is 9.95. The van der Waals surface area contributed by atoms with Crippen molar-refractivity contribution in [3.8, 4) is 28.5 Å². The minimum atomic E-state index is -0.487. The topological polar surface area (TPSA) is 87.7 Å². The summed E-state index contributed by atoms with van der Waals surface area (Å²) in [4.78, 5) is 15.6. The van der Waals surface area contributed by atoms with Gasteiger partial charge in [0.2, 0.25) is 0 Å². The fourth-order valence-electron chi connectivity index (χ4n) is 4.88. The number of H-pyrrole nitrogens is 1. The Hall–Kier alpha value is -3.97. The fourth-order valence-corrected chi connectivity index (χ4v) is 5.05. The van der Waals surface area contributed by atoms with Crippen LogP contribution in [-0.4, -0.2) is 39.8 Å². The Balaban J connectivity index is 1.61. The number of aromatic amines is 1. The maximum Gasteiger partial charge on any atom is 0.273 e. The molecule has 0 radical (unpaired) electrons. The molecule has 0 bridgehead atoms. The number of methoxy groups -OCH3 is 1. The molecule has 3 aromatic carbocycles. The largest absolute Gasteiger partial charge is 0.507 e. The molecule has 39 heavy (non-hydrogen) atoms. The number of nitrogens with zero attached hydrogens (tertiary/aromatic N) is 2. The van der Waals surface area contributed by atoms with Gasteiger partial charge in [0.25, 0.3) is 5.91 Å². The summed E-state index contributed by atoms with van der Waals surface area (Å²) in [6.45, 7) is 7.31. The fraction of sp³-hybridized carbons (Fsp3) is 0.290. The Bertz CT molecular complexity index is 1500. The molecular formula is C31H32ClN3O4. The zero-order chi connectivity index (χ0) is 27.7. The van der Waals surface area contributed by atoms with Crippen LogP contribution in [0, 0.1) is 12.8 Å². The van der Waals surface area contributed by atoms with Crippen LogP contribution < -0.4 is 9.47 Å². The van der Waals surface area contributed by atoms with Gasteiger partial charge in [-0.05, 0) is 60.7 Å². The van der Waals surface area contributed by atoms with Crippen molar-refractivity contribution in [2.45, 2.75) is 39.8 Å². The van der Waals surface area contributed by atoms with Gasteiger partial charge in [-0.1, -0.05) is 61.3 Å². The molecule has 2 N–H and O–H groups in total. The zero-order valence-electron chi connectivity index (χ0n) is 22.5. The van der Waals surface area contributed by atoms with Crippen LogP contribution in [0.3, 0.4) is 0 Å². The number of halogens is 1. The molecule has 0 fully saturated rings. The van der Waals surface area contributed by atoms with Gasteiger partial charge in [0.15, 0.2) is 11.5 Å². The molecule has 2 heterocycles. The Morgan fingerprint density at radius 3 is 2.56 bits per heavy atom. The van der Waals surface area contributed by atoms with E-state index in [1.54, 1.807) is 19.2 Å². The second kappa shape index (κ2) is 11.0. The number of fused-ring (bicyclic) bond motifs is 1. The van der Waals surface area contributed by atoms with Crippen LogP contribution in [-0.2, 0) is 6.54 Å². The van der Waals surface area contributed by atoms with Crippen molar-refractivity contribution < 1.29 is 19.4 Å². The Labute approximate surface area is 233 Å². The molecule has 1 atom stereocenters. The van der Waals surface area contributed by atoms with E-state index in [1.807, 2.05) is 54.3 Å². The molecule has 1 aromatic heterocycles. The van der Waals surface area contributed by atoms with Gasteiger partial charge in [-0.25, -0.2) is 0 Å². The number of hydrogen-bond donors (Lipinski definition) is 2. The number of rotatable bonds is 9. The van der Waals surface area contributed by atoms with Crippen molar-refractivity contribution in [1.82, 2.24) is 15.1 Å². The van der Waals surface area contributed by atoms with E-state index in [9.17, 15) is 9.90 Å². The van der Waals surface area contributed by atoms with E-state index in [1.165, 1.54) is 6.07 Å². The molecule has 0 aliphatic carbocycles. The second-order valence-corrected chi connectivity index (χ2v) is 10.7. The smallest absolute Gasteiger partial charge is 0.273 e. The average Bonchev–Trinajstić information content (AvgIpc) is 3.45. The van der Waals surface area contributed by atoms with Crippen LogP contribution >= 0.6 is 11.6 Å². The lowest BCUT2D eigenvalue weighted by Crippen LogP contribution is -2.29. The third-order valence-corrected chi connectivity index (χ3v) is 7.24. The number of aromatic nitrogens is 2. The first-order valence-electron chi connectivity index (χ1n) is 13.0. The Kier molecular flexibility index (Phi) is 7.53. The first kappa shape index (κ1) is 26.6. The number of phenols is 1. The summed E-state index contributed by atoms with van der Waals surface area (Å²) in [7, 11) is 1.61. The number of nitrogens with one attached hydrogen (secondary N) is 1. The second-order valence-electron chi connectivity index (χ2n) is 10.3. The average molecular weight is 546 g/mol. The molecule has 202 valence electrons. The minimum Gasteiger partial charge on any atom is -0.507 e. The van der Waals surface area contributed by atoms with E-state index in [0.717, 1.165) is 23.1 Å². The van der Waals surface area contributed by atoms with Gasteiger partial charge in [-0.15, -0.1) is 0 Å². The monoisotopic (exact) mass is 545 g/mol. The molecule has 7 nitrogen and oxygen atoms in total. The van der Waals surface area contributed by atoms with Gasteiger partial charge in [0.05, 0.1) is 19.8 Å². The van der Waals surface area contributed by atoms with Gasteiger partial charge in [0, 0.05) is 22.7 Å². The molecular weight excluding hydrogens is 514 g/mol. The number of aryl methyl sites for hydroxylation is 1. The van der Waals surface area contributed by atoms with Crippen LogP contribution in [0.5, 0.6) is 17.2 Å². The number of phenolic OH excluding ortho intramolecular Hbond substituents is 1. The van der Waals surface area contributed by atoms with Crippen LogP contribution in [0.1, 0.15) is 59.1 Å². The summed E-state index contributed by atoms with van der Waals surface area (Å²) in [6, 6.07) is 18.2. The summed E-state index contributed by atoms with van der Waals surface area (Å²) in [5.74, 6) is 1.62. The molecule has 1 amide bonds. The molecule has 1 aliphatic heterocycles. The molecule has 4 aromatic rings. The van der Waals surface area contributed by atoms with Crippen LogP contribution in [0.4, 0.5) is 0 Å². The number of benzene rings is 3. The van der Waals surface area contributed by atoms with E-state index < -0.39 is 6.04 Å². The highest BCUT2D eigenvalue weighted by atomic mass is 35.5. The van der Waals surface area contributed by atoms with E-state index in [0.29, 0.717) is 58.1 Å². The number of aromatic hydroxyl groups is 1. The maximum atomic E-state index is 13.8. The highest BCUT2D eigenvalue weighted by Crippen LogP contribution is 2.46. The predicted octanol–water partition coefficient (Wildman–Crippen LogP) is 6.92. The molecule has 8 heteroatoms. The van der Waals surface area contributed by atoms with Crippen molar-refractivity contribution in [1.29, 1.82) is 0 Å². The Morgan fingerprint density at radius 2 is 1.85 bits per heavy atom. The maximum absolute atomic E-state index is 13.8. The van der Waals surface area contributed by atoms with Crippen molar-refractivity contribution in [2.24, 2.45) is 5.92 Å². The molecule has 1 aliphatic rings. The normalized spacial score (nSPS) is 14.7. The minimum absolute atomic E-state index is 0.0309. The molecule has 1 unspecified atom stereocenters. The van der Waals surface area contributed by atoms with Gasteiger partial charge < -0.3 is 19.5 Å². The van der Waals surface area contributed by atoms with Crippen LogP contribution in [0.15, 0.2) is 60.7 Å². The van der Waals surface area contributed by atoms with E-state index in [2.05, 4.69) is 24.0 Å². The van der Waals surface area contributed by atoms with Gasteiger partial charge in [-0.3, -0.25) is 9.89 Å². The summed E-state index contributed by atoms with van der Waals surface area (Å²) >= 11 is 6.28. The molecule has 0 saturated heterocycles. The number of ether oxygens (including phenoxy) is 2. The van der Waals surface area contributed by atoms with Crippen LogP contribution in [0.2, 0.25) is 5.02 Å². The highest BCUT2D eigenvalue weighted by Gasteiger charge is 2.42. The standard InChI is InChI=1S/C31H32ClN3O4/c1-18(2)13-14-39-25-12-9-21(15-26(25)38-4)30-27-28(23-16-22(32)10-11-24(23)36)33-34-29(27)31(37)35(30)17-20-7-5-19(3)6-8-20/h5-12,15-16,18,30,36H,13-14,17H2,1-4H3,(H,33,34). The quantitative estimate of drug-likeness (QED) is 0.238. The summed E-state index contributed by atoms with van der Waals surface area (Å²) < 4.78 is 11.7. The van der Waals surface area contributed by atoms with Crippen LogP contribution in [0.25, 0.3) is 11.3 Å². The number of carbonyl (C=O) groups is 1. The van der Waals surface area contributed by atoms with Crippen molar-refractivity contribution in [3.05, 3.63) is 93.6 Å². The lowest BCUT2D eigenvalue weighted by Gasteiger charge is -2.27. The number of carbonyl (C=O) groups excluding carboxylic acids is 1. The summed E-state index contributed by atoms with van der Waals surface area (Å²) in [5, 5.41) is 18.5. The first-order chi connectivity index (χ1) is 18.8. The molecule has 0 saturated carbocycles. The first-order valence-corrected chi connectivity index (χ1v) is 13.4. The zero-order valence-corrected chi connectivity index (χ0v) is 23.2. The van der Waals surface area contributed by atoms with Crippen molar-refractivity contribution in [3.63, 3.8) is 0 Å². The van der Waals surface area contributed by atoms with Gasteiger partial charge >= 0.3 is 0 Å². The SMILES string of the molecule is COc1cc(C2c3c(-c4cc(Cl)ccc4O)n[nH]c3C(=O)N2Cc2ccc(C)cc2)ccc1OCCC(C)C.